The summed E-state index contributed by atoms with van der Waals surface area (Å²) in [6, 6.07) is 3.51. The molecule has 18 heavy (non-hydrogen) atoms. The van der Waals surface area contributed by atoms with Crippen molar-refractivity contribution in [2.24, 2.45) is 0 Å². The number of nitrogens with zero attached hydrogens (tertiary/aromatic N) is 2. The maximum Gasteiger partial charge on any atom is 0.471 e. The van der Waals surface area contributed by atoms with Crippen molar-refractivity contribution in [1.29, 1.82) is 0 Å². The number of pyridine rings is 1. The molecule has 2 aromatic rings. The van der Waals surface area contributed by atoms with E-state index in [1.165, 1.54) is 6.20 Å². The Morgan fingerprint density at radius 1 is 1.39 bits per heavy atom. The summed E-state index contributed by atoms with van der Waals surface area (Å²) >= 11 is 0. The van der Waals surface area contributed by atoms with E-state index in [0.717, 1.165) is 12.0 Å². The molecule has 2 rings (SSSR count). The van der Waals surface area contributed by atoms with Gasteiger partial charge < -0.3 is 9.72 Å². The third-order valence-corrected chi connectivity index (χ3v) is 2.42. The fourth-order valence-electron chi connectivity index (χ4n) is 1.49. The van der Waals surface area contributed by atoms with Crippen LogP contribution >= 0.6 is 0 Å². The predicted octanol–water partition coefficient (Wildman–Crippen LogP) is 2.40. The molecule has 0 saturated carbocycles. The van der Waals surface area contributed by atoms with E-state index >= 15 is 0 Å². The Hall–Kier alpha value is -2.05. The van der Waals surface area contributed by atoms with Crippen molar-refractivity contribution in [3.63, 3.8) is 0 Å². The van der Waals surface area contributed by atoms with Crippen molar-refractivity contribution in [2.45, 2.75) is 19.5 Å². The van der Waals surface area contributed by atoms with E-state index < -0.39 is 12.1 Å². The second-order valence-corrected chi connectivity index (χ2v) is 3.73. The van der Waals surface area contributed by atoms with Gasteiger partial charge in [-0.2, -0.15) is 13.2 Å². The van der Waals surface area contributed by atoms with Gasteiger partial charge in [0.2, 0.25) is 0 Å². The summed E-state index contributed by atoms with van der Waals surface area (Å²) in [5.74, 6) is -2.15. The van der Waals surface area contributed by atoms with Gasteiger partial charge in [0.05, 0.1) is 6.20 Å². The molecule has 0 radical (unpaired) electrons. The second kappa shape index (κ2) is 4.32. The predicted molar refractivity (Wildman–Crippen MR) is 59.3 cm³/mol. The molecule has 0 bridgehead atoms. The summed E-state index contributed by atoms with van der Waals surface area (Å²) in [7, 11) is 0. The molecular formula is C11H10F3N3O. The first-order valence-corrected chi connectivity index (χ1v) is 5.26. The number of fused-ring (bicyclic) bond motifs is 1. The summed E-state index contributed by atoms with van der Waals surface area (Å²) in [4.78, 5) is 14.6. The number of carbonyl (C=O) groups is 1. The van der Waals surface area contributed by atoms with Crippen LogP contribution in [0.4, 0.5) is 19.0 Å². The van der Waals surface area contributed by atoms with Crippen LogP contribution in [0, 0.1) is 0 Å². The molecule has 0 unspecified atom stereocenters. The minimum atomic E-state index is -4.91. The van der Waals surface area contributed by atoms with Crippen LogP contribution in [0.2, 0.25) is 0 Å². The van der Waals surface area contributed by atoms with E-state index in [1.54, 1.807) is 22.0 Å². The fraction of sp³-hybridized carbons (Fsp3) is 0.273. The lowest BCUT2D eigenvalue weighted by Crippen LogP contribution is -2.30. The maximum atomic E-state index is 12.1. The van der Waals surface area contributed by atoms with Gasteiger partial charge in [-0.05, 0) is 18.1 Å². The lowest BCUT2D eigenvalue weighted by atomic mass is 10.2. The summed E-state index contributed by atoms with van der Waals surface area (Å²) < 4.78 is 37.8. The molecule has 2 aromatic heterocycles. The van der Waals surface area contributed by atoms with Crippen LogP contribution in [-0.2, 0) is 11.2 Å². The Morgan fingerprint density at radius 3 is 2.72 bits per heavy atom. The Bertz CT molecular complexity index is 589. The number of carbonyl (C=O) groups excluding carboxylic acids is 1. The highest BCUT2D eigenvalue weighted by atomic mass is 19.4. The van der Waals surface area contributed by atoms with Crippen molar-refractivity contribution in [2.75, 3.05) is 5.32 Å². The van der Waals surface area contributed by atoms with Crippen LogP contribution in [0.1, 0.15) is 12.5 Å². The molecule has 0 aromatic carbocycles. The average molecular weight is 257 g/mol. The van der Waals surface area contributed by atoms with Crippen LogP contribution in [0.15, 0.2) is 24.5 Å². The quantitative estimate of drug-likeness (QED) is 0.897. The van der Waals surface area contributed by atoms with Crippen molar-refractivity contribution < 1.29 is 18.0 Å². The summed E-state index contributed by atoms with van der Waals surface area (Å²) in [6.07, 6.45) is -1.01. The van der Waals surface area contributed by atoms with Crippen molar-refractivity contribution in [3.05, 3.63) is 30.1 Å². The number of aromatic nitrogens is 2. The Labute approximate surface area is 100 Å². The van der Waals surface area contributed by atoms with E-state index in [4.69, 9.17) is 0 Å². The van der Waals surface area contributed by atoms with Gasteiger partial charge in [-0.15, -0.1) is 0 Å². The largest absolute Gasteiger partial charge is 0.471 e. The van der Waals surface area contributed by atoms with Gasteiger partial charge in [0.15, 0.2) is 5.82 Å². The molecule has 0 aliphatic rings. The number of amides is 1. The highest BCUT2D eigenvalue weighted by molar-refractivity contribution is 5.94. The number of aryl methyl sites for hydroxylation is 1. The topological polar surface area (TPSA) is 46.4 Å². The number of anilines is 1. The van der Waals surface area contributed by atoms with E-state index in [0.29, 0.717) is 5.65 Å². The molecule has 0 saturated heterocycles. The number of halogens is 3. The number of alkyl halides is 3. The maximum absolute atomic E-state index is 12.1. The van der Waals surface area contributed by atoms with Crippen LogP contribution in [0.25, 0.3) is 5.65 Å². The number of nitrogens with one attached hydrogen (secondary N) is 1. The molecule has 1 N–H and O–H groups in total. The average Bonchev–Trinajstić information content (AvgIpc) is 2.68. The fourth-order valence-corrected chi connectivity index (χ4v) is 1.49. The lowest BCUT2D eigenvalue weighted by Gasteiger charge is -2.04. The number of hydrogen-bond donors (Lipinski definition) is 1. The van der Waals surface area contributed by atoms with Crippen molar-refractivity contribution in [3.8, 4) is 0 Å². The highest BCUT2D eigenvalue weighted by Crippen LogP contribution is 2.18. The zero-order chi connectivity index (χ0) is 13.3. The standard InChI is InChI=1S/C11H10F3N3O/c1-2-7-3-4-9-15-8(6-17(9)5-7)16-10(18)11(12,13)14/h3-6H,2H2,1H3,(H,16,18). The molecule has 7 heteroatoms. The van der Waals surface area contributed by atoms with E-state index in [2.05, 4.69) is 4.98 Å². The monoisotopic (exact) mass is 257 g/mol. The van der Waals surface area contributed by atoms with Crippen LogP contribution in [-0.4, -0.2) is 21.5 Å². The first-order chi connectivity index (χ1) is 8.40. The molecule has 0 atom stereocenters. The Balaban J connectivity index is 2.28. The van der Waals surface area contributed by atoms with Gasteiger partial charge in [0.1, 0.15) is 5.65 Å². The number of hydrogen-bond acceptors (Lipinski definition) is 2. The smallest absolute Gasteiger partial charge is 0.305 e. The third kappa shape index (κ3) is 2.44. The van der Waals surface area contributed by atoms with Gasteiger partial charge in [-0.3, -0.25) is 4.79 Å². The van der Waals surface area contributed by atoms with E-state index in [-0.39, 0.29) is 5.82 Å². The number of imidazole rings is 1. The lowest BCUT2D eigenvalue weighted by molar-refractivity contribution is -0.167. The molecule has 0 fully saturated rings. The van der Waals surface area contributed by atoms with Crippen molar-refractivity contribution in [1.82, 2.24) is 9.38 Å². The zero-order valence-corrected chi connectivity index (χ0v) is 9.45. The molecule has 2 heterocycles. The molecule has 0 aliphatic carbocycles. The molecule has 0 aliphatic heterocycles. The Kier molecular flexibility index (Phi) is 2.98. The van der Waals surface area contributed by atoms with Crippen LogP contribution < -0.4 is 5.32 Å². The first-order valence-electron chi connectivity index (χ1n) is 5.26. The summed E-state index contributed by atoms with van der Waals surface area (Å²) in [5, 5.41) is 1.71. The Morgan fingerprint density at radius 2 is 2.11 bits per heavy atom. The normalized spacial score (nSPS) is 11.8. The first kappa shape index (κ1) is 12.4. The van der Waals surface area contributed by atoms with Gasteiger partial charge >= 0.3 is 12.1 Å². The van der Waals surface area contributed by atoms with Gasteiger partial charge in [-0.1, -0.05) is 13.0 Å². The van der Waals surface area contributed by atoms with Gasteiger partial charge in [-0.25, -0.2) is 4.98 Å². The molecule has 0 spiro atoms. The van der Waals surface area contributed by atoms with E-state index in [9.17, 15) is 18.0 Å². The molecular weight excluding hydrogens is 247 g/mol. The molecule has 4 nitrogen and oxygen atoms in total. The molecule has 1 amide bonds. The minimum absolute atomic E-state index is 0.120. The van der Waals surface area contributed by atoms with Gasteiger partial charge in [0, 0.05) is 6.20 Å². The zero-order valence-electron chi connectivity index (χ0n) is 9.45. The van der Waals surface area contributed by atoms with Gasteiger partial charge in [0.25, 0.3) is 0 Å². The molecule has 96 valence electrons. The number of rotatable bonds is 2. The second-order valence-electron chi connectivity index (χ2n) is 3.73. The SMILES string of the molecule is CCc1ccc2nc(NC(=O)C(F)(F)F)cn2c1. The summed E-state index contributed by atoms with van der Waals surface area (Å²) in [5.41, 5.74) is 1.50. The summed E-state index contributed by atoms with van der Waals surface area (Å²) in [6.45, 7) is 1.96. The minimum Gasteiger partial charge on any atom is -0.305 e. The van der Waals surface area contributed by atoms with E-state index in [1.807, 2.05) is 13.0 Å². The third-order valence-electron chi connectivity index (χ3n) is 2.42. The van der Waals surface area contributed by atoms with Crippen LogP contribution in [0.5, 0.6) is 0 Å². The highest BCUT2D eigenvalue weighted by Gasteiger charge is 2.39. The van der Waals surface area contributed by atoms with Crippen molar-refractivity contribution >= 4 is 17.4 Å². The van der Waals surface area contributed by atoms with Crippen LogP contribution in [0.3, 0.4) is 0 Å².